The lowest BCUT2D eigenvalue weighted by molar-refractivity contribution is -0.192. The summed E-state index contributed by atoms with van der Waals surface area (Å²) in [7, 11) is 0.213. The van der Waals surface area contributed by atoms with Crippen LogP contribution in [-0.4, -0.2) is 63.9 Å². The van der Waals surface area contributed by atoms with Gasteiger partial charge in [0.15, 0.2) is 0 Å². The molecule has 2 heterocycles. The van der Waals surface area contributed by atoms with E-state index >= 15 is 0 Å². The Kier molecular flexibility index (Phi) is 11.1. The fourth-order valence-electron chi connectivity index (χ4n) is 3.99. The monoisotopic (exact) mass is 599 g/mol. The van der Waals surface area contributed by atoms with Crippen molar-refractivity contribution in [2.75, 3.05) is 27.2 Å². The molecule has 1 aliphatic rings. The molecule has 1 aliphatic heterocycles. The summed E-state index contributed by atoms with van der Waals surface area (Å²) in [5, 5.41) is 10.8. The smallest absolute Gasteiger partial charge is 0.490 e. The van der Waals surface area contributed by atoms with E-state index in [1.807, 2.05) is 42.5 Å². The number of methoxy groups -OCH3 is 1. The Morgan fingerprint density at radius 3 is 2.30 bits per heavy atom. The van der Waals surface area contributed by atoms with Crippen molar-refractivity contribution in [3.8, 4) is 16.2 Å². The number of carboxylic acids is 1. The maximum Gasteiger partial charge on any atom is 0.490 e. The molecule has 1 fully saturated rings. The zero-order chi connectivity index (χ0) is 29.3. The molecule has 0 spiro atoms. The Hall–Kier alpha value is -2.97. The SMILES string of the molecule is COc1ccc(CNC2CCN(C)CC2)cc1-c1ccc(S(=O)(=O)NCc2ccccc2)s1.O=C(O)C(F)(F)F. The lowest BCUT2D eigenvalue weighted by atomic mass is 10.0. The van der Waals surface area contributed by atoms with E-state index in [9.17, 15) is 21.6 Å². The second kappa shape index (κ2) is 14.1. The van der Waals surface area contributed by atoms with E-state index in [0.29, 0.717) is 10.3 Å². The number of thiophene rings is 1. The first-order valence-corrected chi connectivity index (χ1v) is 14.7. The second-order valence-corrected chi connectivity index (χ2v) is 12.3. The summed E-state index contributed by atoms with van der Waals surface area (Å²) in [4.78, 5) is 12.1. The number of carbonyl (C=O) groups is 1. The number of hydrogen-bond donors (Lipinski definition) is 3. The van der Waals surface area contributed by atoms with E-state index in [1.54, 1.807) is 13.2 Å². The van der Waals surface area contributed by atoms with E-state index in [0.717, 1.165) is 59.8 Å². The highest BCUT2D eigenvalue weighted by molar-refractivity contribution is 7.91. The van der Waals surface area contributed by atoms with Gasteiger partial charge in [-0.2, -0.15) is 13.2 Å². The lowest BCUT2D eigenvalue weighted by Gasteiger charge is -2.29. The number of carboxylic acid groups (broad SMARTS) is 1. The summed E-state index contributed by atoms with van der Waals surface area (Å²) in [6.45, 7) is 3.28. The molecular formula is C27H32F3N3O5S2. The van der Waals surface area contributed by atoms with Gasteiger partial charge in [-0.15, -0.1) is 11.3 Å². The fourth-order valence-corrected chi connectivity index (χ4v) is 6.38. The van der Waals surface area contributed by atoms with Gasteiger partial charge < -0.3 is 20.1 Å². The van der Waals surface area contributed by atoms with Crippen molar-refractivity contribution in [3.05, 3.63) is 71.8 Å². The van der Waals surface area contributed by atoms with Gasteiger partial charge >= 0.3 is 12.1 Å². The molecule has 2 aromatic carbocycles. The summed E-state index contributed by atoms with van der Waals surface area (Å²) in [6, 6.07) is 19.7. The van der Waals surface area contributed by atoms with Gasteiger partial charge in [-0.1, -0.05) is 36.4 Å². The van der Waals surface area contributed by atoms with Crippen molar-refractivity contribution in [3.63, 3.8) is 0 Å². The molecule has 0 radical (unpaired) electrons. The number of ether oxygens (including phenoxy) is 1. The van der Waals surface area contributed by atoms with Crippen molar-refractivity contribution in [2.45, 2.75) is 42.4 Å². The standard InChI is InChI=1S/C25H31N3O3S2.C2HF3O2/c1-28-14-12-21(13-15-28)26-17-20-8-9-23(31-2)22(16-20)24-10-11-25(32-24)33(29,30)27-18-19-6-4-3-5-7-19;3-2(4,5)1(6)7/h3-11,16,21,26-27H,12-15,17-18H2,1-2H3;(H,6,7). The number of rotatable bonds is 9. The largest absolute Gasteiger partial charge is 0.496 e. The van der Waals surface area contributed by atoms with Crippen molar-refractivity contribution >= 4 is 27.3 Å². The zero-order valence-corrected chi connectivity index (χ0v) is 23.7. The Bertz CT molecular complexity index is 1360. The highest BCUT2D eigenvalue weighted by atomic mass is 32.2. The number of piperidine rings is 1. The van der Waals surface area contributed by atoms with Crippen molar-refractivity contribution in [1.82, 2.24) is 14.9 Å². The summed E-state index contributed by atoms with van der Waals surface area (Å²) in [6.07, 6.45) is -2.77. The second-order valence-electron chi connectivity index (χ2n) is 9.22. The molecule has 0 amide bonds. The molecule has 1 aromatic heterocycles. The highest BCUT2D eigenvalue weighted by Gasteiger charge is 2.38. The van der Waals surface area contributed by atoms with Crippen LogP contribution in [0.2, 0.25) is 0 Å². The van der Waals surface area contributed by atoms with Crippen LogP contribution in [0.5, 0.6) is 5.75 Å². The van der Waals surface area contributed by atoms with Crippen LogP contribution in [0.4, 0.5) is 13.2 Å². The fraction of sp³-hybridized carbons (Fsp3) is 0.370. The molecule has 8 nitrogen and oxygen atoms in total. The van der Waals surface area contributed by atoms with Crippen molar-refractivity contribution in [2.24, 2.45) is 0 Å². The summed E-state index contributed by atoms with van der Waals surface area (Å²) in [5.74, 6) is -2.02. The predicted octanol–water partition coefficient (Wildman–Crippen LogP) is 4.72. The van der Waals surface area contributed by atoms with Gasteiger partial charge in [-0.25, -0.2) is 17.9 Å². The number of alkyl halides is 3. The first-order valence-electron chi connectivity index (χ1n) is 12.4. The number of likely N-dealkylation sites (tertiary alicyclic amines) is 1. The van der Waals surface area contributed by atoms with E-state index in [1.165, 1.54) is 11.3 Å². The van der Waals surface area contributed by atoms with Crippen LogP contribution in [0.3, 0.4) is 0 Å². The molecule has 218 valence electrons. The number of sulfonamides is 1. The molecule has 0 bridgehead atoms. The van der Waals surface area contributed by atoms with Gasteiger partial charge in [-0.05, 0) is 68.4 Å². The van der Waals surface area contributed by atoms with E-state index in [-0.39, 0.29) is 6.54 Å². The number of aliphatic carboxylic acids is 1. The quantitative estimate of drug-likeness (QED) is 0.327. The van der Waals surface area contributed by atoms with Gasteiger partial charge in [0, 0.05) is 29.6 Å². The molecule has 3 N–H and O–H groups in total. The average Bonchev–Trinajstić information content (AvgIpc) is 3.43. The molecule has 0 unspecified atom stereocenters. The Morgan fingerprint density at radius 1 is 1.05 bits per heavy atom. The van der Waals surface area contributed by atoms with Gasteiger partial charge in [-0.3, -0.25) is 0 Å². The Balaban J connectivity index is 0.000000559. The summed E-state index contributed by atoms with van der Waals surface area (Å²) < 4.78 is 66.0. The van der Waals surface area contributed by atoms with Crippen molar-refractivity contribution in [1.29, 1.82) is 0 Å². The molecule has 1 saturated heterocycles. The number of nitrogens with zero attached hydrogens (tertiary/aromatic N) is 1. The lowest BCUT2D eigenvalue weighted by Crippen LogP contribution is -2.40. The van der Waals surface area contributed by atoms with Crippen LogP contribution in [0.25, 0.3) is 10.4 Å². The van der Waals surface area contributed by atoms with Gasteiger partial charge in [0.2, 0.25) is 10.0 Å². The third-order valence-corrected chi connectivity index (χ3v) is 9.25. The molecule has 3 aromatic rings. The molecule has 0 saturated carbocycles. The van der Waals surface area contributed by atoms with Crippen LogP contribution in [0.1, 0.15) is 24.0 Å². The average molecular weight is 600 g/mol. The summed E-state index contributed by atoms with van der Waals surface area (Å²) >= 11 is 1.26. The van der Waals surface area contributed by atoms with Gasteiger partial charge in [0.05, 0.1) is 7.11 Å². The minimum absolute atomic E-state index is 0.262. The molecule has 0 aliphatic carbocycles. The molecule has 13 heteroatoms. The first-order chi connectivity index (χ1) is 18.9. The Morgan fingerprint density at radius 2 is 1.70 bits per heavy atom. The third kappa shape index (κ3) is 9.30. The topological polar surface area (TPSA) is 108 Å². The molecular weight excluding hydrogens is 567 g/mol. The van der Waals surface area contributed by atoms with Gasteiger partial charge in [0.1, 0.15) is 9.96 Å². The number of halogens is 3. The number of benzene rings is 2. The number of hydrogen-bond acceptors (Lipinski definition) is 7. The van der Waals surface area contributed by atoms with Crippen LogP contribution < -0.4 is 14.8 Å². The van der Waals surface area contributed by atoms with Crippen LogP contribution in [0.15, 0.2) is 64.9 Å². The highest BCUT2D eigenvalue weighted by Crippen LogP contribution is 2.37. The van der Waals surface area contributed by atoms with E-state index in [4.69, 9.17) is 14.6 Å². The van der Waals surface area contributed by atoms with Crippen LogP contribution in [0, 0.1) is 0 Å². The Labute approximate surface area is 235 Å². The zero-order valence-electron chi connectivity index (χ0n) is 22.1. The predicted molar refractivity (Wildman–Crippen MR) is 148 cm³/mol. The summed E-state index contributed by atoms with van der Waals surface area (Å²) in [5.41, 5.74) is 2.99. The maximum absolute atomic E-state index is 12.8. The van der Waals surface area contributed by atoms with Gasteiger partial charge in [0.25, 0.3) is 0 Å². The van der Waals surface area contributed by atoms with Crippen LogP contribution >= 0.6 is 11.3 Å². The van der Waals surface area contributed by atoms with Crippen molar-refractivity contribution < 1.29 is 36.2 Å². The minimum Gasteiger partial charge on any atom is -0.496 e. The number of nitrogens with one attached hydrogen (secondary N) is 2. The molecule has 4 rings (SSSR count). The maximum atomic E-state index is 12.8. The van der Waals surface area contributed by atoms with E-state index < -0.39 is 22.2 Å². The first kappa shape index (κ1) is 31.6. The van der Waals surface area contributed by atoms with E-state index in [2.05, 4.69) is 34.1 Å². The third-order valence-electron chi connectivity index (χ3n) is 6.24. The molecule has 0 atom stereocenters. The normalized spacial score (nSPS) is 14.8. The minimum atomic E-state index is -5.08. The van der Waals surface area contributed by atoms with Crippen LogP contribution in [-0.2, 0) is 27.9 Å². The molecule has 40 heavy (non-hydrogen) atoms.